The maximum Gasteiger partial charge on any atom is 0.235 e. The molecular weight excluding hydrogens is 324 g/mol. The highest BCUT2D eigenvalue weighted by Crippen LogP contribution is 2.22. The van der Waals surface area contributed by atoms with Crippen molar-refractivity contribution in [3.8, 4) is 0 Å². The number of nitrogens with one attached hydrogen (secondary N) is 1. The molecule has 26 heavy (non-hydrogen) atoms. The molecule has 0 amide bonds. The van der Waals surface area contributed by atoms with Crippen molar-refractivity contribution in [1.82, 2.24) is 10.2 Å². The Labute approximate surface area is 154 Å². The largest absolute Gasteiger partial charge is 0.423 e. The first kappa shape index (κ1) is 16.6. The van der Waals surface area contributed by atoms with E-state index in [9.17, 15) is 0 Å². The van der Waals surface area contributed by atoms with Gasteiger partial charge < -0.3 is 14.6 Å². The van der Waals surface area contributed by atoms with Gasteiger partial charge in [0.25, 0.3) is 0 Å². The predicted molar refractivity (Wildman–Crippen MR) is 103 cm³/mol. The van der Waals surface area contributed by atoms with Gasteiger partial charge in [-0.3, -0.25) is 0 Å². The molecule has 1 aliphatic rings. The van der Waals surface area contributed by atoms with E-state index in [0.717, 1.165) is 5.69 Å². The van der Waals surface area contributed by atoms with Gasteiger partial charge in [-0.1, -0.05) is 30.3 Å². The second kappa shape index (κ2) is 8.04. The summed E-state index contributed by atoms with van der Waals surface area (Å²) in [5, 5.41) is 11.6. The molecule has 1 fully saturated rings. The van der Waals surface area contributed by atoms with Gasteiger partial charge in [-0.2, -0.15) is 0 Å². The first-order valence-electron chi connectivity index (χ1n) is 9.31. The quantitative estimate of drug-likeness (QED) is 0.721. The van der Waals surface area contributed by atoms with Gasteiger partial charge in [-0.05, 0) is 49.1 Å². The molecule has 0 atom stereocenters. The summed E-state index contributed by atoms with van der Waals surface area (Å²) in [7, 11) is 0. The fourth-order valence-electron chi connectivity index (χ4n) is 3.32. The number of piperidine rings is 1. The maximum absolute atomic E-state index is 5.74. The third-order valence-corrected chi connectivity index (χ3v) is 4.74. The molecule has 1 saturated heterocycles. The topological polar surface area (TPSA) is 54.2 Å². The number of aromatic nitrogens is 2. The van der Waals surface area contributed by atoms with Gasteiger partial charge in [0.15, 0.2) is 0 Å². The first-order valence-corrected chi connectivity index (χ1v) is 9.31. The molecule has 5 heteroatoms. The zero-order chi connectivity index (χ0) is 17.6. The van der Waals surface area contributed by atoms with Crippen LogP contribution in [0.25, 0.3) is 0 Å². The SMILES string of the molecule is c1ccc(Cc2nnc(CNc3ccc(N4CCCCC4)cc3)o2)cc1. The molecule has 1 aliphatic heterocycles. The Morgan fingerprint density at radius 3 is 2.35 bits per heavy atom. The van der Waals surface area contributed by atoms with Crippen LogP contribution in [0.4, 0.5) is 11.4 Å². The molecule has 5 nitrogen and oxygen atoms in total. The fourth-order valence-corrected chi connectivity index (χ4v) is 3.32. The highest BCUT2D eigenvalue weighted by atomic mass is 16.4. The van der Waals surface area contributed by atoms with Gasteiger partial charge in [0, 0.05) is 24.5 Å². The molecule has 1 aromatic heterocycles. The van der Waals surface area contributed by atoms with Crippen LogP contribution in [0.2, 0.25) is 0 Å². The van der Waals surface area contributed by atoms with E-state index in [1.54, 1.807) is 0 Å². The van der Waals surface area contributed by atoms with Crippen molar-refractivity contribution >= 4 is 11.4 Å². The maximum atomic E-state index is 5.74. The molecule has 2 aromatic carbocycles. The van der Waals surface area contributed by atoms with E-state index in [0.29, 0.717) is 24.7 Å². The lowest BCUT2D eigenvalue weighted by Gasteiger charge is -2.28. The minimum absolute atomic E-state index is 0.533. The molecule has 1 N–H and O–H groups in total. The zero-order valence-corrected chi connectivity index (χ0v) is 14.9. The number of benzene rings is 2. The summed E-state index contributed by atoms with van der Waals surface area (Å²) in [5.74, 6) is 1.25. The Bertz CT molecular complexity index is 808. The highest BCUT2D eigenvalue weighted by molar-refractivity contribution is 5.55. The molecule has 134 valence electrons. The molecule has 0 saturated carbocycles. The van der Waals surface area contributed by atoms with E-state index in [1.165, 1.54) is 43.6 Å². The van der Waals surface area contributed by atoms with Crippen LogP contribution in [0.3, 0.4) is 0 Å². The van der Waals surface area contributed by atoms with Gasteiger partial charge in [0.2, 0.25) is 11.8 Å². The first-order chi connectivity index (χ1) is 12.9. The highest BCUT2D eigenvalue weighted by Gasteiger charge is 2.11. The van der Waals surface area contributed by atoms with E-state index in [2.05, 4.69) is 56.8 Å². The average molecular weight is 348 g/mol. The van der Waals surface area contributed by atoms with E-state index >= 15 is 0 Å². The minimum Gasteiger partial charge on any atom is -0.423 e. The van der Waals surface area contributed by atoms with Crippen molar-refractivity contribution in [3.05, 3.63) is 71.9 Å². The van der Waals surface area contributed by atoms with Crippen LogP contribution in [0.1, 0.15) is 36.6 Å². The van der Waals surface area contributed by atoms with Gasteiger partial charge >= 0.3 is 0 Å². The summed E-state index contributed by atoms with van der Waals surface area (Å²) in [4.78, 5) is 2.46. The second-order valence-electron chi connectivity index (χ2n) is 6.70. The second-order valence-corrected chi connectivity index (χ2v) is 6.70. The third-order valence-electron chi connectivity index (χ3n) is 4.74. The Hall–Kier alpha value is -2.82. The summed E-state index contributed by atoms with van der Waals surface area (Å²) < 4.78 is 5.74. The van der Waals surface area contributed by atoms with Crippen molar-refractivity contribution in [3.63, 3.8) is 0 Å². The zero-order valence-electron chi connectivity index (χ0n) is 14.9. The molecule has 3 aromatic rings. The Morgan fingerprint density at radius 2 is 1.58 bits per heavy atom. The van der Waals surface area contributed by atoms with Crippen molar-refractivity contribution in [2.75, 3.05) is 23.3 Å². The number of hydrogen-bond acceptors (Lipinski definition) is 5. The van der Waals surface area contributed by atoms with E-state index in [-0.39, 0.29) is 0 Å². The predicted octanol–water partition coefficient (Wildman–Crippen LogP) is 4.26. The molecule has 0 radical (unpaired) electrons. The molecule has 0 aliphatic carbocycles. The monoisotopic (exact) mass is 348 g/mol. The molecular formula is C21H24N4O. The Morgan fingerprint density at radius 1 is 0.846 bits per heavy atom. The van der Waals surface area contributed by atoms with Gasteiger partial charge in [0.1, 0.15) is 0 Å². The minimum atomic E-state index is 0.533. The van der Waals surface area contributed by atoms with E-state index in [4.69, 9.17) is 4.42 Å². The molecule has 4 rings (SSSR count). The lowest BCUT2D eigenvalue weighted by atomic mass is 10.1. The molecule has 0 spiro atoms. The Kier molecular flexibility index (Phi) is 5.14. The number of anilines is 2. The van der Waals surface area contributed by atoms with Crippen LogP contribution < -0.4 is 10.2 Å². The van der Waals surface area contributed by atoms with Crippen LogP contribution >= 0.6 is 0 Å². The molecule has 2 heterocycles. The number of nitrogens with zero attached hydrogens (tertiary/aromatic N) is 3. The standard InChI is InChI=1S/C21H24N4O/c1-3-7-17(8-4-1)15-20-23-24-21(26-20)16-22-18-9-11-19(12-10-18)25-13-5-2-6-14-25/h1,3-4,7-12,22H,2,5-6,13-16H2. The van der Waals surface area contributed by atoms with Gasteiger partial charge in [-0.25, -0.2) is 0 Å². The van der Waals surface area contributed by atoms with Crippen LogP contribution in [0.5, 0.6) is 0 Å². The summed E-state index contributed by atoms with van der Waals surface area (Å²) in [6, 6.07) is 18.8. The van der Waals surface area contributed by atoms with E-state index in [1.807, 2.05) is 18.2 Å². The lowest BCUT2D eigenvalue weighted by molar-refractivity contribution is 0.464. The lowest BCUT2D eigenvalue weighted by Crippen LogP contribution is -2.29. The normalized spacial score (nSPS) is 14.4. The summed E-state index contributed by atoms with van der Waals surface area (Å²) in [6.07, 6.45) is 4.61. The van der Waals surface area contributed by atoms with Crippen molar-refractivity contribution in [2.45, 2.75) is 32.2 Å². The van der Waals surface area contributed by atoms with Gasteiger partial charge in [-0.15, -0.1) is 10.2 Å². The fraction of sp³-hybridized carbons (Fsp3) is 0.333. The smallest absolute Gasteiger partial charge is 0.235 e. The summed E-state index contributed by atoms with van der Waals surface area (Å²) in [6.45, 7) is 2.86. The van der Waals surface area contributed by atoms with Crippen LogP contribution in [-0.2, 0) is 13.0 Å². The van der Waals surface area contributed by atoms with Crippen molar-refractivity contribution in [1.29, 1.82) is 0 Å². The number of rotatable bonds is 6. The van der Waals surface area contributed by atoms with Crippen LogP contribution in [0, 0.1) is 0 Å². The van der Waals surface area contributed by atoms with E-state index < -0.39 is 0 Å². The van der Waals surface area contributed by atoms with Gasteiger partial charge in [0.05, 0.1) is 13.0 Å². The number of hydrogen-bond donors (Lipinski definition) is 1. The molecule has 0 bridgehead atoms. The molecule has 0 unspecified atom stereocenters. The summed E-state index contributed by atoms with van der Waals surface area (Å²) in [5.41, 5.74) is 3.54. The third kappa shape index (κ3) is 4.23. The van der Waals surface area contributed by atoms with Crippen LogP contribution in [-0.4, -0.2) is 23.3 Å². The summed E-state index contributed by atoms with van der Waals surface area (Å²) >= 11 is 0. The van der Waals surface area contributed by atoms with Crippen molar-refractivity contribution in [2.24, 2.45) is 0 Å². The average Bonchev–Trinajstić information content (AvgIpc) is 3.16. The van der Waals surface area contributed by atoms with Crippen LogP contribution in [0.15, 0.2) is 59.0 Å². The van der Waals surface area contributed by atoms with Crippen molar-refractivity contribution < 1.29 is 4.42 Å². The Balaban J connectivity index is 1.31.